The van der Waals surface area contributed by atoms with Gasteiger partial charge in [0.2, 0.25) is 5.91 Å². The number of anilines is 2. The van der Waals surface area contributed by atoms with Crippen LogP contribution in [-0.2, 0) is 4.79 Å². The highest BCUT2D eigenvalue weighted by Gasteiger charge is 2.30. The zero-order valence-electron chi connectivity index (χ0n) is 21.1. The van der Waals surface area contributed by atoms with E-state index < -0.39 is 0 Å². The van der Waals surface area contributed by atoms with Gasteiger partial charge in [0, 0.05) is 47.3 Å². The van der Waals surface area contributed by atoms with Crippen LogP contribution in [0.15, 0.2) is 72.9 Å². The van der Waals surface area contributed by atoms with Crippen LogP contribution in [0.5, 0.6) is 0 Å². The number of hydrogen-bond acceptors (Lipinski definition) is 5. The zero-order valence-corrected chi connectivity index (χ0v) is 21.1. The molecule has 1 aliphatic carbocycles. The molecule has 1 saturated carbocycles. The van der Waals surface area contributed by atoms with Crippen molar-refractivity contribution in [3.8, 4) is 5.69 Å². The summed E-state index contributed by atoms with van der Waals surface area (Å²) in [6.45, 7) is 1.71. The lowest BCUT2D eigenvalue weighted by molar-refractivity contribution is -0.117. The van der Waals surface area contributed by atoms with Gasteiger partial charge in [0.25, 0.3) is 5.91 Å². The molecule has 1 saturated heterocycles. The molecule has 2 amide bonds. The van der Waals surface area contributed by atoms with Gasteiger partial charge in [-0.15, -0.1) is 0 Å². The summed E-state index contributed by atoms with van der Waals surface area (Å²) in [4.78, 5) is 25.4. The highest BCUT2D eigenvalue weighted by molar-refractivity contribution is 6.06. The second-order valence-electron chi connectivity index (χ2n) is 10.2. The van der Waals surface area contributed by atoms with Gasteiger partial charge in [-0.25, -0.2) is 4.68 Å². The molecule has 0 bridgehead atoms. The van der Waals surface area contributed by atoms with Crippen molar-refractivity contribution in [3.05, 3.63) is 84.1 Å². The molecule has 38 heavy (non-hydrogen) atoms. The van der Waals surface area contributed by atoms with E-state index in [4.69, 9.17) is 0 Å². The lowest BCUT2D eigenvalue weighted by Crippen LogP contribution is -2.38. The number of fused-ring (bicyclic) bond motifs is 1. The summed E-state index contributed by atoms with van der Waals surface area (Å²) in [5, 5.41) is 24.7. The van der Waals surface area contributed by atoms with Crippen LogP contribution in [0.1, 0.15) is 41.1 Å². The van der Waals surface area contributed by atoms with Crippen molar-refractivity contribution in [2.45, 2.75) is 25.2 Å². The molecule has 3 aromatic carbocycles. The van der Waals surface area contributed by atoms with Gasteiger partial charge in [-0.05, 0) is 85.8 Å². The number of carbonyl (C=O) groups is 2. The molecule has 2 unspecified atom stereocenters. The average Bonchev–Trinajstić information content (AvgIpc) is 3.73. The summed E-state index contributed by atoms with van der Waals surface area (Å²) in [5.41, 5.74) is 4.90. The van der Waals surface area contributed by atoms with Crippen LogP contribution in [0.3, 0.4) is 0 Å². The molecule has 2 aliphatic rings. The maximum Gasteiger partial charge on any atom is 0.255 e. The predicted octanol–water partition coefficient (Wildman–Crippen LogP) is 4.31. The second kappa shape index (κ2) is 10.4. The molecular weight excluding hydrogens is 478 g/mol. The predicted molar refractivity (Wildman–Crippen MR) is 148 cm³/mol. The second-order valence-corrected chi connectivity index (χ2v) is 10.2. The normalized spacial score (nSPS) is 19.3. The Labute approximate surface area is 221 Å². The molecule has 1 aromatic heterocycles. The lowest BCUT2D eigenvalue weighted by Gasteiger charge is -2.32. The molecule has 8 heteroatoms. The molecular formula is C30H31N5O3. The summed E-state index contributed by atoms with van der Waals surface area (Å²) in [6.07, 6.45) is 4.61. The smallest absolute Gasteiger partial charge is 0.255 e. The van der Waals surface area contributed by atoms with Gasteiger partial charge in [-0.2, -0.15) is 5.10 Å². The fraction of sp³-hybridized carbons (Fsp3) is 0.300. The molecule has 2 fully saturated rings. The number of aliphatic hydroxyl groups excluding tert-OH is 1. The Bertz CT molecular complexity index is 1480. The first-order valence-electron chi connectivity index (χ1n) is 13.2. The summed E-state index contributed by atoms with van der Waals surface area (Å²) >= 11 is 0. The molecule has 8 nitrogen and oxygen atoms in total. The number of aliphatic hydroxyl groups is 1. The number of amides is 2. The molecule has 0 spiro atoms. The number of hydrogen-bond donors (Lipinski definition) is 4. The zero-order chi connectivity index (χ0) is 26.1. The summed E-state index contributed by atoms with van der Waals surface area (Å²) in [5.74, 6) is 0.311. The van der Waals surface area contributed by atoms with Gasteiger partial charge in [0.05, 0.1) is 17.4 Å². The van der Waals surface area contributed by atoms with Crippen LogP contribution in [0.2, 0.25) is 0 Å². The third-order valence-electron chi connectivity index (χ3n) is 7.60. The molecule has 2 atom stereocenters. The van der Waals surface area contributed by atoms with Crippen LogP contribution < -0.4 is 16.0 Å². The maximum absolute atomic E-state index is 13.3. The molecule has 1 aliphatic heterocycles. The van der Waals surface area contributed by atoms with Crippen molar-refractivity contribution >= 4 is 34.1 Å². The van der Waals surface area contributed by atoms with Crippen LogP contribution >= 0.6 is 0 Å². The molecule has 6 rings (SSSR count). The fourth-order valence-corrected chi connectivity index (χ4v) is 5.34. The number of benzene rings is 3. The standard InChI is InChI=1S/C30H31N5O3/c36-18-21-16-31-14-13-25(21)26-3-1-2-4-27(26)30(38)34-23-9-12-28-20(15-23)17-32-35(28)24-10-7-22(8-11-24)33-29(37)19-5-6-19/h1-4,7-12,15,17,19,21,25,31,36H,5-6,13-14,16,18H2,(H,33,37)(H,34,38). The van der Waals surface area contributed by atoms with E-state index in [0.717, 1.165) is 60.2 Å². The summed E-state index contributed by atoms with van der Waals surface area (Å²) in [6, 6.07) is 21.1. The van der Waals surface area contributed by atoms with E-state index >= 15 is 0 Å². The van der Waals surface area contributed by atoms with Crippen LogP contribution in [0.4, 0.5) is 11.4 Å². The van der Waals surface area contributed by atoms with Crippen LogP contribution in [-0.4, -0.2) is 46.4 Å². The maximum atomic E-state index is 13.3. The Balaban J connectivity index is 1.19. The van der Waals surface area contributed by atoms with Crippen molar-refractivity contribution < 1.29 is 14.7 Å². The van der Waals surface area contributed by atoms with Gasteiger partial charge in [-0.1, -0.05) is 18.2 Å². The largest absolute Gasteiger partial charge is 0.396 e. The van der Waals surface area contributed by atoms with Gasteiger partial charge in [-0.3, -0.25) is 9.59 Å². The quantitative estimate of drug-likeness (QED) is 0.297. The van der Waals surface area contributed by atoms with Crippen LogP contribution in [0, 0.1) is 11.8 Å². The van der Waals surface area contributed by atoms with Gasteiger partial charge >= 0.3 is 0 Å². The van der Waals surface area contributed by atoms with E-state index in [2.05, 4.69) is 21.0 Å². The molecule has 2 heterocycles. The number of nitrogens with one attached hydrogen (secondary N) is 3. The highest BCUT2D eigenvalue weighted by Crippen LogP contribution is 2.33. The lowest BCUT2D eigenvalue weighted by atomic mass is 9.79. The van der Waals surface area contributed by atoms with E-state index in [1.807, 2.05) is 71.4 Å². The number of nitrogens with zero attached hydrogens (tertiary/aromatic N) is 2. The first-order valence-corrected chi connectivity index (χ1v) is 13.2. The van der Waals surface area contributed by atoms with Crippen molar-refractivity contribution in [3.63, 3.8) is 0 Å². The fourth-order valence-electron chi connectivity index (χ4n) is 5.34. The van der Waals surface area contributed by atoms with Crippen molar-refractivity contribution in [1.29, 1.82) is 0 Å². The summed E-state index contributed by atoms with van der Waals surface area (Å²) < 4.78 is 1.84. The molecule has 194 valence electrons. The molecule has 4 N–H and O–H groups in total. The molecule has 4 aromatic rings. The molecule has 0 radical (unpaired) electrons. The van der Waals surface area contributed by atoms with Gasteiger partial charge in [0.1, 0.15) is 0 Å². The number of rotatable bonds is 7. The van der Waals surface area contributed by atoms with E-state index in [9.17, 15) is 14.7 Å². The minimum absolute atomic E-state index is 0.0865. The SMILES string of the molecule is O=C(Nc1ccc2c(cnn2-c2ccc(NC(=O)C3CC3)cc2)c1)c1ccccc1C1CCNCC1CO. The van der Waals surface area contributed by atoms with Crippen molar-refractivity contribution in [1.82, 2.24) is 15.1 Å². The average molecular weight is 510 g/mol. The van der Waals surface area contributed by atoms with Crippen molar-refractivity contribution in [2.24, 2.45) is 11.8 Å². The van der Waals surface area contributed by atoms with E-state index in [1.165, 1.54) is 0 Å². The van der Waals surface area contributed by atoms with Gasteiger partial charge in [0.15, 0.2) is 0 Å². The van der Waals surface area contributed by atoms with Gasteiger partial charge < -0.3 is 21.1 Å². The Morgan fingerprint density at radius 3 is 2.55 bits per heavy atom. The third kappa shape index (κ3) is 4.92. The number of carbonyl (C=O) groups excluding carboxylic acids is 2. The topological polar surface area (TPSA) is 108 Å². The number of piperidine rings is 1. The van der Waals surface area contributed by atoms with Crippen molar-refractivity contribution in [2.75, 3.05) is 30.3 Å². The minimum Gasteiger partial charge on any atom is -0.396 e. The van der Waals surface area contributed by atoms with E-state index in [1.54, 1.807) is 6.20 Å². The third-order valence-corrected chi connectivity index (χ3v) is 7.60. The van der Waals surface area contributed by atoms with Crippen LogP contribution in [0.25, 0.3) is 16.6 Å². The summed E-state index contributed by atoms with van der Waals surface area (Å²) in [7, 11) is 0. The first kappa shape index (κ1) is 24.3. The Morgan fingerprint density at radius 1 is 0.974 bits per heavy atom. The van der Waals surface area contributed by atoms with E-state index in [-0.39, 0.29) is 36.2 Å². The highest BCUT2D eigenvalue weighted by atomic mass is 16.3. The number of aromatic nitrogens is 2. The Kier molecular flexibility index (Phi) is 6.66. The minimum atomic E-state index is -0.161. The van der Waals surface area contributed by atoms with E-state index in [0.29, 0.717) is 11.3 Å². The Morgan fingerprint density at radius 2 is 1.76 bits per heavy atom. The first-order chi connectivity index (χ1) is 18.6. The monoisotopic (exact) mass is 509 g/mol. The Hall–Kier alpha value is -4.01.